The van der Waals surface area contributed by atoms with Crippen molar-refractivity contribution in [3.8, 4) is 0 Å². The van der Waals surface area contributed by atoms with Gasteiger partial charge >= 0.3 is 5.97 Å². The van der Waals surface area contributed by atoms with Crippen molar-refractivity contribution < 1.29 is 14.7 Å². The molecule has 1 aliphatic heterocycles. The second-order valence-corrected chi connectivity index (χ2v) is 4.71. The van der Waals surface area contributed by atoms with E-state index in [9.17, 15) is 14.7 Å². The Morgan fingerprint density at radius 2 is 2.11 bits per heavy atom. The number of carboxylic acids is 1. The highest BCUT2D eigenvalue weighted by Gasteiger charge is 2.34. The minimum Gasteiger partial charge on any atom is -0.480 e. The third-order valence-electron chi connectivity index (χ3n) is 3.13. The first-order valence-electron chi connectivity index (χ1n) is 5.88. The monoisotopic (exact) mass is 265 g/mol. The third-order valence-corrected chi connectivity index (χ3v) is 3.35. The van der Waals surface area contributed by atoms with Gasteiger partial charge in [-0.1, -0.05) is 18.2 Å². The smallest absolute Gasteiger partial charge is 0.326 e. The van der Waals surface area contributed by atoms with Crippen molar-refractivity contribution >= 4 is 30.2 Å². The molecule has 1 aromatic carbocycles. The van der Waals surface area contributed by atoms with E-state index in [0.717, 1.165) is 11.3 Å². The first-order valence-corrected chi connectivity index (χ1v) is 6.52. The average molecular weight is 265 g/mol. The molecule has 0 saturated heterocycles. The maximum atomic E-state index is 12.1. The van der Waals surface area contributed by atoms with Gasteiger partial charge < -0.3 is 5.11 Å². The molecule has 0 fully saturated rings. The highest BCUT2D eigenvalue weighted by atomic mass is 32.1. The number of carbonyl (C=O) groups is 2. The lowest BCUT2D eigenvalue weighted by molar-refractivity contribution is -0.140. The maximum Gasteiger partial charge on any atom is 0.326 e. The summed E-state index contributed by atoms with van der Waals surface area (Å²) in [7, 11) is 0. The van der Waals surface area contributed by atoms with Gasteiger partial charge in [-0.15, -0.1) is 0 Å². The molecule has 1 aromatic rings. The summed E-state index contributed by atoms with van der Waals surface area (Å²) in [4.78, 5) is 24.8. The van der Waals surface area contributed by atoms with Crippen LogP contribution in [0, 0.1) is 0 Å². The number of hydrogen-bond donors (Lipinski definition) is 2. The fourth-order valence-corrected chi connectivity index (χ4v) is 2.50. The van der Waals surface area contributed by atoms with E-state index < -0.39 is 12.0 Å². The lowest BCUT2D eigenvalue weighted by Crippen LogP contribution is -2.48. The van der Waals surface area contributed by atoms with Crippen LogP contribution in [-0.4, -0.2) is 28.8 Å². The van der Waals surface area contributed by atoms with Crippen molar-refractivity contribution in [3.63, 3.8) is 0 Å². The molecule has 18 heavy (non-hydrogen) atoms. The molecule has 0 aliphatic carbocycles. The molecule has 0 spiro atoms. The lowest BCUT2D eigenvalue weighted by Gasteiger charge is -2.34. The number of para-hydroxylation sites is 1. The molecule has 0 aromatic heterocycles. The Bertz CT molecular complexity index is 475. The van der Waals surface area contributed by atoms with Crippen molar-refractivity contribution in [2.24, 2.45) is 0 Å². The maximum absolute atomic E-state index is 12.1. The van der Waals surface area contributed by atoms with E-state index in [2.05, 4.69) is 12.6 Å². The Balaban J connectivity index is 2.40. The second-order valence-electron chi connectivity index (χ2n) is 4.26. The highest BCUT2D eigenvalue weighted by molar-refractivity contribution is 7.80. The Labute approximate surface area is 111 Å². The number of amides is 1. The topological polar surface area (TPSA) is 57.6 Å². The first-order chi connectivity index (χ1) is 8.65. The number of nitrogens with zero attached hydrogens (tertiary/aromatic N) is 1. The zero-order valence-corrected chi connectivity index (χ0v) is 10.8. The number of rotatable bonds is 3. The number of thiol groups is 1. The van der Waals surface area contributed by atoms with Crippen LogP contribution in [0.2, 0.25) is 0 Å². The number of aryl methyl sites for hydroxylation is 1. The van der Waals surface area contributed by atoms with E-state index >= 15 is 0 Å². The van der Waals surface area contributed by atoms with Gasteiger partial charge in [0.2, 0.25) is 5.91 Å². The van der Waals surface area contributed by atoms with Gasteiger partial charge in [0.25, 0.3) is 0 Å². The van der Waals surface area contributed by atoms with E-state index in [1.807, 2.05) is 18.2 Å². The van der Waals surface area contributed by atoms with Crippen molar-refractivity contribution in [1.29, 1.82) is 0 Å². The van der Waals surface area contributed by atoms with Gasteiger partial charge in [0, 0.05) is 12.1 Å². The standard InChI is InChI=1S/C13H15NO3S/c15-12(7-8-18)14-10-4-2-1-3-9(10)5-6-11(14)13(16)17/h1-4,11,18H,5-8H2,(H,16,17)/t11-/m1/s1. The molecule has 96 valence electrons. The molecule has 0 radical (unpaired) electrons. The summed E-state index contributed by atoms with van der Waals surface area (Å²) in [6, 6.07) is 6.72. The number of hydrogen-bond acceptors (Lipinski definition) is 3. The van der Waals surface area contributed by atoms with Crippen LogP contribution < -0.4 is 4.90 Å². The predicted molar refractivity (Wildman–Crippen MR) is 72.1 cm³/mol. The minimum atomic E-state index is -0.947. The van der Waals surface area contributed by atoms with Crippen molar-refractivity contribution in [3.05, 3.63) is 29.8 Å². The minimum absolute atomic E-state index is 0.176. The number of carbonyl (C=O) groups excluding carboxylic acids is 1. The van der Waals surface area contributed by atoms with Crippen LogP contribution in [0.1, 0.15) is 18.4 Å². The molecule has 2 rings (SSSR count). The number of benzene rings is 1. The molecule has 0 unspecified atom stereocenters. The molecule has 4 nitrogen and oxygen atoms in total. The van der Waals surface area contributed by atoms with E-state index in [1.54, 1.807) is 6.07 Å². The molecule has 0 saturated carbocycles. The largest absolute Gasteiger partial charge is 0.480 e. The summed E-state index contributed by atoms with van der Waals surface area (Å²) >= 11 is 4.04. The lowest BCUT2D eigenvalue weighted by atomic mass is 9.95. The van der Waals surface area contributed by atoms with Crippen LogP contribution >= 0.6 is 12.6 Å². The van der Waals surface area contributed by atoms with Gasteiger partial charge in [0.1, 0.15) is 6.04 Å². The fourth-order valence-electron chi connectivity index (χ4n) is 2.30. The predicted octanol–water partition coefficient (Wildman–Crippen LogP) is 1.74. The average Bonchev–Trinajstić information content (AvgIpc) is 2.37. The molecule has 1 atom stereocenters. The number of carboxylic acid groups (broad SMARTS) is 1. The van der Waals surface area contributed by atoms with Gasteiger partial charge in [-0.2, -0.15) is 12.6 Å². The second kappa shape index (κ2) is 5.44. The number of aliphatic carboxylic acids is 1. The number of anilines is 1. The summed E-state index contributed by atoms with van der Waals surface area (Å²) in [6.45, 7) is 0. The molecule has 1 amide bonds. The molecule has 5 heteroatoms. The van der Waals surface area contributed by atoms with Gasteiger partial charge in [-0.3, -0.25) is 9.69 Å². The zero-order valence-electron chi connectivity index (χ0n) is 9.87. The highest BCUT2D eigenvalue weighted by Crippen LogP contribution is 2.31. The van der Waals surface area contributed by atoms with Gasteiger partial charge in [-0.05, 0) is 30.2 Å². The molecular formula is C13H15NO3S. The first kappa shape index (κ1) is 13.0. The van der Waals surface area contributed by atoms with Gasteiger partial charge in [0.15, 0.2) is 0 Å². The fraction of sp³-hybridized carbons (Fsp3) is 0.385. The van der Waals surface area contributed by atoms with Crippen LogP contribution in [0.5, 0.6) is 0 Å². The summed E-state index contributed by atoms with van der Waals surface area (Å²) in [5.41, 5.74) is 1.76. The van der Waals surface area contributed by atoms with Crippen LogP contribution in [0.15, 0.2) is 24.3 Å². The Kier molecular flexibility index (Phi) is 3.91. The van der Waals surface area contributed by atoms with Crippen LogP contribution in [0.3, 0.4) is 0 Å². The summed E-state index contributed by atoms with van der Waals surface area (Å²) in [5.74, 6) is -0.703. The van der Waals surface area contributed by atoms with Crippen molar-refractivity contribution in [1.82, 2.24) is 0 Å². The van der Waals surface area contributed by atoms with E-state index in [0.29, 0.717) is 18.6 Å². The third kappa shape index (κ3) is 2.36. The molecule has 1 aliphatic rings. The van der Waals surface area contributed by atoms with Crippen molar-refractivity contribution in [2.45, 2.75) is 25.3 Å². The van der Waals surface area contributed by atoms with Crippen molar-refractivity contribution in [2.75, 3.05) is 10.7 Å². The van der Waals surface area contributed by atoms with Crippen LogP contribution in [0.25, 0.3) is 0 Å². The van der Waals surface area contributed by atoms with E-state index in [-0.39, 0.29) is 12.3 Å². The summed E-state index contributed by atoms with van der Waals surface area (Å²) in [6.07, 6.45) is 1.41. The number of fused-ring (bicyclic) bond motifs is 1. The Hall–Kier alpha value is -1.49. The van der Waals surface area contributed by atoms with E-state index in [1.165, 1.54) is 4.90 Å². The van der Waals surface area contributed by atoms with E-state index in [4.69, 9.17) is 0 Å². The zero-order chi connectivity index (χ0) is 13.1. The normalized spacial score (nSPS) is 18.3. The summed E-state index contributed by atoms with van der Waals surface area (Å²) < 4.78 is 0. The molecular weight excluding hydrogens is 250 g/mol. The Morgan fingerprint density at radius 1 is 1.39 bits per heavy atom. The summed E-state index contributed by atoms with van der Waals surface area (Å²) in [5, 5.41) is 9.24. The molecule has 0 bridgehead atoms. The van der Waals surface area contributed by atoms with Gasteiger partial charge in [-0.25, -0.2) is 4.79 Å². The molecule has 1 heterocycles. The van der Waals surface area contributed by atoms with Gasteiger partial charge in [0.05, 0.1) is 0 Å². The molecule has 1 N–H and O–H groups in total. The van der Waals surface area contributed by atoms with Crippen LogP contribution in [-0.2, 0) is 16.0 Å². The SMILES string of the molecule is O=C(O)[C@H]1CCc2ccccc2N1C(=O)CCS. The van der Waals surface area contributed by atoms with Crippen LogP contribution in [0.4, 0.5) is 5.69 Å². The quantitative estimate of drug-likeness (QED) is 0.818. The Morgan fingerprint density at radius 3 is 2.78 bits per heavy atom.